The van der Waals surface area contributed by atoms with Gasteiger partial charge in [0.15, 0.2) is 6.61 Å². The number of aryl methyl sites for hydroxylation is 1. The zero-order valence-corrected chi connectivity index (χ0v) is 19.3. The number of nitrogens with zero attached hydrogens (tertiary/aromatic N) is 1. The van der Waals surface area contributed by atoms with Crippen LogP contribution in [0.5, 0.6) is 0 Å². The van der Waals surface area contributed by atoms with E-state index in [1.807, 2.05) is 6.92 Å². The highest BCUT2D eigenvalue weighted by Gasteiger charge is 2.36. The van der Waals surface area contributed by atoms with Crippen LogP contribution in [0.3, 0.4) is 0 Å². The van der Waals surface area contributed by atoms with Crippen molar-refractivity contribution in [3.63, 3.8) is 0 Å². The first kappa shape index (κ1) is 24.3. The second-order valence-corrected chi connectivity index (χ2v) is 8.43. The van der Waals surface area contributed by atoms with Crippen LogP contribution < -0.4 is 10.2 Å². The molecule has 1 fully saturated rings. The molecule has 1 unspecified atom stereocenters. The number of nitrogens with one attached hydrogen (secondary N) is 1. The van der Waals surface area contributed by atoms with Crippen LogP contribution >= 0.6 is 11.6 Å². The Morgan fingerprint density at radius 2 is 1.85 bits per heavy atom. The van der Waals surface area contributed by atoms with Crippen LogP contribution in [-0.2, 0) is 23.9 Å². The molecule has 1 saturated heterocycles. The lowest BCUT2D eigenvalue weighted by Gasteiger charge is -2.17. The first-order valence-electron chi connectivity index (χ1n) is 10.5. The van der Waals surface area contributed by atoms with Gasteiger partial charge in [-0.2, -0.15) is 0 Å². The molecule has 1 aliphatic heterocycles. The van der Waals surface area contributed by atoms with Gasteiger partial charge in [0.25, 0.3) is 5.91 Å². The first-order chi connectivity index (χ1) is 15.6. The minimum Gasteiger partial charge on any atom is -0.459 e. The van der Waals surface area contributed by atoms with Crippen molar-refractivity contribution in [3.8, 4) is 0 Å². The quantitative estimate of drug-likeness (QED) is 0.616. The molecule has 2 aromatic carbocycles. The maximum Gasteiger partial charge on any atom is 0.338 e. The maximum atomic E-state index is 12.4. The molecule has 0 bridgehead atoms. The molecule has 3 rings (SSSR count). The van der Waals surface area contributed by atoms with Gasteiger partial charge in [-0.25, -0.2) is 4.79 Å². The summed E-state index contributed by atoms with van der Waals surface area (Å²) in [5.41, 5.74) is 2.30. The van der Waals surface area contributed by atoms with Gasteiger partial charge in [-0.15, -0.1) is 0 Å². The summed E-state index contributed by atoms with van der Waals surface area (Å²) in [6, 6.07) is 11.5. The minimum absolute atomic E-state index is 0.0227. The normalized spacial score (nSPS) is 15.5. The average molecular weight is 473 g/mol. The number of esters is 2. The molecule has 1 aliphatic rings. The topological polar surface area (TPSA) is 102 Å². The Kier molecular flexibility index (Phi) is 7.71. The van der Waals surface area contributed by atoms with E-state index in [-0.39, 0.29) is 25.0 Å². The van der Waals surface area contributed by atoms with E-state index in [2.05, 4.69) is 5.32 Å². The lowest BCUT2D eigenvalue weighted by Crippen LogP contribution is -2.28. The summed E-state index contributed by atoms with van der Waals surface area (Å²) in [5.74, 6) is -2.51. The number of amides is 2. The molecule has 0 aromatic heterocycles. The molecule has 1 N–H and O–H groups in total. The Morgan fingerprint density at radius 1 is 1.15 bits per heavy atom. The number of anilines is 2. The summed E-state index contributed by atoms with van der Waals surface area (Å²) >= 11 is 6.04. The largest absolute Gasteiger partial charge is 0.459 e. The minimum atomic E-state index is -0.690. The number of carbonyl (C=O) groups is 4. The molecule has 0 spiro atoms. The summed E-state index contributed by atoms with van der Waals surface area (Å²) in [6.45, 7) is 5.02. The maximum absolute atomic E-state index is 12.4. The van der Waals surface area contributed by atoms with Gasteiger partial charge < -0.3 is 19.7 Å². The Bertz CT molecular complexity index is 1070. The fraction of sp³-hybridized carbons (Fsp3) is 0.333. The van der Waals surface area contributed by atoms with Crippen molar-refractivity contribution in [2.75, 3.05) is 23.4 Å². The Balaban J connectivity index is 1.52. The van der Waals surface area contributed by atoms with Crippen molar-refractivity contribution in [1.29, 1.82) is 0 Å². The van der Waals surface area contributed by atoms with Gasteiger partial charge in [0, 0.05) is 29.4 Å². The van der Waals surface area contributed by atoms with Crippen LogP contribution in [0.1, 0.15) is 36.2 Å². The molecule has 9 heteroatoms. The average Bonchev–Trinajstić information content (AvgIpc) is 3.16. The molecule has 0 aliphatic carbocycles. The third-order valence-corrected chi connectivity index (χ3v) is 5.42. The number of halogens is 1. The van der Waals surface area contributed by atoms with Crippen LogP contribution in [0.4, 0.5) is 11.4 Å². The lowest BCUT2D eigenvalue weighted by molar-refractivity contribution is -0.151. The molecule has 174 valence electrons. The number of rotatable bonds is 7. The number of carbonyl (C=O) groups excluding carboxylic acids is 4. The molecule has 2 aromatic rings. The van der Waals surface area contributed by atoms with Crippen molar-refractivity contribution in [2.24, 2.45) is 5.92 Å². The lowest BCUT2D eigenvalue weighted by atomic mass is 10.1. The van der Waals surface area contributed by atoms with E-state index in [1.165, 1.54) is 4.90 Å². The molecule has 8 nitrogen and oxygen atoms in total. The fourth-order valence-corrected chi connectivity index (χ4v) is 3.48. The van der Waals surface area contributed by atoms with E-state index >= 15 is 0 Å². The van der Waals surface area contributed by atoms with Gasteiger partial charge in [0.05, 0.1) is 17.6 Å². The number of benzene rings is 2. The summed E-state index contributed by atoms with van der Waals surface area (Å²) < 4.78 is 10.3. The van der Waals surface area contributed by atoms with E-state index in [0.717, 1.165) is 5.56 Å². The molecular formula is C24H25ClN2O6. The molecule has 1 atom stereocenters. The van der Waals surface area contributed by atoms with Gasteiger partial charge in [0.2, 0.25) is 5.91 Å². The van der Waals surface area contributed by atoms with E-state index in [4.69, 9.17) is 21.1 Å². The van der Waals surface area contributed by atoms with Gasteiger partial charge in [0.1, 0.15) is 0 Å². The van der Waals surface area contributed by atoms with Crippen molar-refractivity contribution >= 4 is 46.7 Å². The van der Waals surface area contributed by atoms with E-state index in [1.54, 1.807) is 56.3 Å². The number of hydrogen-bond acceptors (Lipinski definition) is 6. The highest BCUT2D eigenvalue weighted by Crippen LogP contribution is 2.26. The van der Waals surface area contributed by atoms with Crippen LogP contribution in [0.25, 0.3) is 0 Å². The number of ether oxygens (including phenoxy) is 2. The van der Waals surface area contributed by atoms with Crippen LogP contribution in [0, 0.1) is 12.8 Å². The molecule has 0 radical (unpaired) electrons. The fourth-order valence-electron chi connectivity index (χ4n) is 3.30. The monoisotopic (exact) mass is 472 g/mol. The van der Waals surface area contributed by atoms with Gasteiger partial charge in [-0.05, 0) is 62.7 Å². The predicted octanol–water partition coefficient (Wildman–Crippen LogP) is 3.75. The van der Waals surface area contributed by atoms with E-state index in [0.29, 0.717) is 22.0 Å². The third kappa shape index (κ3) is 6.32. The molecular weight excluding hydrogens is 448 g/mol. The second-order valence-electron chi connectivity index (χ2n) is 8.03. The van der Waals surface area contributed by atoms with Crippen LogP contribution in [0.2, 0.25) is 5.02 Å². The summed E-state index contributed by atoms with van der Waals surface area (Å²) in [4.78, 5) is 50.3. The van der Waals surface area contributed by atoms with Crippen molar-refractivity contribution < 1.29 is 28.7 Å². The molecule has 0 saturated carbocycles. The zero-order valence-electron chi connectivity index (χ0n) is 18.6. The smallest absolute Gasteiger partial charge is 0.338 e. The Morgan fingerprint density at radius 3 is 2.48 bits per heavy atom. The zero-order chi connectivity index (χ0) is 24.1. The molecule has 2 amide bonds. The summed E-state index contributed by atoms with van der Waals surface area (Å²) in [6.07, 6.45) is -0.258. The molecule has 33 heavy (non-hydrogen) atoms. The van der Waals surface area contributed by atoms with Crippen molar-refractivity contribution in [3.05, 3.63) is 58.6 Å². The number of hydrogen-bond donors (Lipinski definition) is 1. The summed E-state index contributed by atoms with van der Waals surface area (Å²) in [7, 11) is 0. The van der Waals surface area contributed by atoms with Crippen molar-refractivity contribution in [1.82, 2.24) is 0 Å². The first-order valence-corrected chi connectivity index (χ1v) is 10.9. The molecule has 1 heterocycles. The van der Waals surface area contributed by atoms with E-state index < -0.39 is 30.4 Å². The van der Waals surface area contributed by atoms with Crippen LogP contribution in [0.15, 0.2) is 42.5 Å². The SMILES string of the molecule is Cc1ccc(NC(=O)COC(=O)C2CC(=O)N(c3ccc(C(=O)OC(C)C)cc3)C2)cc1Cl. The van der Waals surface area contributed by atoms with Crippen molar-refractivity contribution in [2.45, 2.75) is 33.3 Å². The summed E-state index contributed by atoms with van der Waals surface area (Å²) in [5, 5.41) is 3.12. The van der Waals surface area contributed by atoms with Gasteiger partial charge >= 0.3 is 11.9 Å². The standard InChI is InChI=1S/C24H25ClN2O6/c1-14(2)33-24(31)16-5-8-19(9-6-16)27-12-17(10-22(27)29)23(30)32-13-21(28)26-18-7-4-15(3)20(25)11-18/h4-9,11,14,17H,10,12-13H2,1-3H3,(H,26,28). The Hall–Kier alpha value is -3.39. The highest BCUT2D eigenvalue weighted by atomic mass is 35.5. The Labute approximate surface area is 196 Å². The van der Waals surface area contributed by atoms with Gasteiger partial charge in [-0.1, -0.05) is 17.7 Å². The second kappa shape index (κ2) is 10.5. The van der Waals surface area contributed by atoms with E-state index in [9.17, 15) is 19.2 Å². The predicted molar refractivity (Wildman–Crippen MR) is 123 cm³/mol. The van der Waals surface area contributed by atoms with Gasteiger partial charge in [-0.3, -0.25) is 14.4 Å². The third-order valence-electron chi connectivity index (χ3n) is 5.02. The highest BCUT2D eigenvalue weighted by molar-refractivity contribution is 6.31. The van der Waals surface area contributed by atoms with Crippen LogP contribution in [-0.4, -0.2) is 43.0 Å².